The molecule has 0 amide bonds. The highest BCUT2D eigenvalue weighted by atomic mass is 16.3. The minimum Gasteiger partial charge on any atom is -0.393 e. The number of fused-ring (bicyclic) bond motifs is 1. The Labute approximate surface area is 128 Å². The van der Waals surface area contributed by atoms with Gasteiger partial charge in [0.1, 0.15) is 5.78 Å². The van der Waals surface area contributed by atoms with Crippen LogP contribution >= 0.6 is 0 Å². The van der Waals surface area contributed by atoms with E-state index in [-0.39, 0.29) is 23.5 Å². The monoisotopic (exact) mass is 294 g/mol. The highest BCUT2D eigenvalue weighted by Gasteiger charge is 2.57. The molecule has 0 saturated heterocycles. The molecule has 3 aliphatic carbocycles. The number of ketones is 1. The molecule has 3 nitrogen and oxygen atoms in total. The molecule has 2 N–H and O–H groups in total. The van der Waals surface area contributed by atoms with Gasteiger partial charge in [-0.15, -0.1) is 0 Å². The van der Waals surface area contributed by atoms with Gasteiger partial charge in [0, 0.05) is 11.8 Å². The summed E-state index contributed by atoms with van der Waals surface area (Å²) >= 11 is 0. The summed E-state index contributed by atoms with van der Waals surface area (Å²) in [5, 5.41) is 20.8. The van der Waals surface area contributed by atoms with Gasteiger partial charge in [-0.2, -0.15) is 0 Å². The number of carbonyl (C=O) groups is 1. The lowest BCUT2D eigenvalue weighted by Crippen LogP contribution is -2.57. The zero-order valence-corrected chi connectivity index (χ0v) is 13.3. The Hall–Kier alpha value is -0.410. The molecule has 0 aromatic carbocycles. The molecule has 0 aromatic rings. The second-order valence-corrected chi connectivity index (χ2v) is 7.96. The predicted molar refractivity (Wildman–Crippen MR) is 81.8 cm³/mol. The summed E-state index contributed by atoms with van der Waals surface area (Å²) in [5.74, 6) is 1.43. The topological polar surface area (TPSA) is 57.5 Å². The van der Waals surface area contributed by atoms with Crippen molar-refractivity contribution in [3.63, 3.8) is 0 Å². The van der Waals surface area contributed by atoms with Crippen molar-refractivity contribution in [1.29, 1.82) is 0 Å². The summed E-state index contributed by atoms with van der Waals surface area (Å²) in [7, 11) is 0. The van der Waals surface area contributed by atoms with Crippen molar-refractivity contribution in [3.8, 4) is 0 Å². The zero-order valence-electron chi connectivity index (χ0n) is 13.3. The minimum atomic E-state index is -0.269. The fourth-order valence-electron chi connectivity index (χ4n) is 5.12. The van der Waals surface area contributed by atoms with Gasteiger partial charge in [-0.3, -0.25) is 4.79 Å². The van der Waals surface area contributed by atoms with Gasteiger partial charge in [0.15, 0.2) is 0 Å². The maximum atomic E-state index is 11.9. The molecule has 120 valence electrons. The first-order chi connectivity index (χ1) is 10.0. The molecule has 3 rings (SSSR count). The maximum absolute atomic E-state index is 11.9. The number of carbonyl (C=O) groups excluding carboxylic acids is 1. The van der Waals surface area contributed by atoms with Crippen molar-refractivity contribution in [1.82, 2.24) is 0 Å². The van der Waals surface area contributed by atoms with Crippen molar-refractivity contribution < 1.29 is 15.0 Å². The van der Waals surface area contributed by atoms with Crippen LogP contribution in [0.4, 0.5) is 0 Å². The molecule has 0 spiro atoms. The highest BCUT2D eigenvalue weighted by molar-refractivity contribution is 5.91. The Kier molecular flexibility index (Phi) is 4.42. The van der Waals surface area contributed by atoms with Gasteiger partial charge in [0.2, 0.25) is 0 Å². The van der Waals surface area contributed by atoms with Crippen LogP contribution in [-0.4, -0.2) is 28.2 Å². The zero-order chi connectivity index (χ0) is 15.0. The lowest BCUT2D eigenvalue weighted by molar-refractivity contribution is -0.161. The van der Waals surface area contributed by atoms with E-state index in [4.69, 9.17) is 0 Å². The van der Waals surface area contributed by atoms with Crippen molar-refractivity contribution in [2.24, 2.45) is 23.2 Å². The number of rotatable bonds is 4. The van der Waals surface area contributed by atoms with E-state index in [2.05, 4.69) is 6.92 Å². The van der Waals surface area contributed by atoms with Crippen LogP contribution in [0.3, 0.4) is 0 Å². The molecule has 0 heterocycles. The predicted octanol–water partition coefficient (Wildman–Crippen LogP) is 3.07. The van der Waals surface area contributed by atoms with E-state index in [0.717, 1.165) is 38.5 Å². The molecule has 3 saturated carbocycles. The smallest absolute Gasteiger partial charge is 0.139 e. The minimum absolute atomic E-state index is 0.167. The Bertz CT molecular complexity index is 388. The molecule has 0 unspecified atom stereocenters. The number of hydrogen-bond donors (Lipinski definition) is 2. The first-order valence-electron chi connectivity index (χ1n) is 8.92. The van der Waals surface area contributed by atoms with Crippen LogP contribution < -0.4 is 0 Å². The first kappa shape index (κ1) is 15.5. The number of Topliss-reactive ketones (excluding diaryl/α,β-unsaturated/α-hetero) is 1. The van der Waals surface area contributed by atoms with E-state index >= 15 is 0 Å². The van der Waals surface area contributed by atoms with Crippen LogP contribution in [0.15, 0.2) is 0 Å². The fourth-order valence-corrected chi connectivity index (χ4v) is 5.12. The molecule has 0 bridgehead atoms. The summed E-state index contributed by atoms with van der Waals surface area (Å²) in [6, 6.07) is 0. The van der Waals surface area contributed by atoms with Crippen LogP contribution in [-0.2, 0) is 4.79 Å². The second kappa shape index (κ2) is 6.00. The largest absolute Gasteiger partial charge is 0.393 e. The Balaban J connectivity index is 1.55. The van der Waals surface area contributed by atoms with E-state index < -0.39 is 0 Å². The molecule has 0 aromatic heterocycles. The summed E-state index contributed by atoms with van der Waals surface area (Å²) < 4.78 is 0. The van der Waals surface area contributed by atoms with Crippen LogP contribution in [0.5, 0.6) is 0 Å². The van der Waals surface area contributed by atoms with E-state index in [1.165, 1.54) is 19.3 Å². The van der Waals surface area contributed by atoms with Gasteiger partial charge in [0.25, 0.3) is 0 Å². The summed E-state index contributed by atoms with van der Waals surface area (Å²) in [6.45, 7) is 2.08. The lowest BCUT2D eigenvalue weighted by atomic mass is 9.49. The van der Waals surface area contributed by atoms with Crippen molar-refractivity contribution >= 4 is 5.78 Å². The summed E-state index contributed by atoms with van der Waals surface area (Å²) in [5.41, 5.74) is -0.167. The molecule has 3 fully saturated rings. The molecule has 0 radical (unpaired) electrons. The first-order valence-corrected chi connectivity index (χ1v) is 8.92. The number of hydrogen-bond acceptors (Lipinski definition) is 3. The molecule has 5 atom stereocenters. The Morgan fingerprint density at radius 1 is 1.24 bits per heavy atom. The third-order valence-corrected chi connectivity index (χ3v) is 6.82. The van der Waals surface area contributed by atoms with Crippen LogP contribution in [0.1, 0.15) is 71.1 Å². The molecular formula is C18H30O3. The van der Waals surface area contributed by atoms with Crippen molar-refractivity contribution in [3.05, 3.63) is 0 Å². The average Bonchev–Trinajstić information content (AvgIpc) is 2.51. The lowest BCUT2D eigenvalue weighted by Gasteiger charge is -2.54. The fraction of sp³-hybridized carbons (Fsp3) is 0.944. The van der Waals surface area contributed by atoms with E-state index in [1.54, 1.807) is 0 Å². The SMILES string of the molecule is C[C@@]12CC[C@H](O)[C@@H](CC[C@@H](O)C3CCCCC3)[C@@H]1CC2=O. The quantitative estimate of drug-likeness (QED) is 0.838. The normalized spacial score (nSPS) is 42.2. The van der Waals surface area contributed by atoms with Crippen molar-refractivity contribution in [2.45, 2.75) is 83.3 Å². The van der Waals surface area contributed by atoms with Crippen LogP contribution in [0.2, 0.25) is 0 Å². The third kappa shape index (κ3) is 2.79. The average molecular weight is 294 g/mol. The Morgan fingerprint density at radius 3 is 2.62 bits per heavy atom. The molecule has 21 heavy (non-hydrogen) atoms. The van der Waals surface area contributed by atoms with Gasteiger partial charge in [-0.1, -0.05) is 26.2 Å². The van der Waals surface area contributed by atoms with Crippen LogP contribution in [0.25, 0.3) is 0 Å². The van der Waals surface area contributed by atoms with Crippen LogP contribution in [0, 0.1) is 23.2 Å². The van der Waals surface area contributed by atoms with Gasteiger partial charge in [-0.05, 0) is 56.3 Å². The summed E-state index contributed by atoms with van der Waals surface area (Å²) in [6.07, 6.45) is 9.59. The third-order valence-electron chi connectivity index (χ3n) is 6.82. The van der Waals surface area contributed by atoms with Gasteiger partial charge in [-0.25, -0.2) is 0 Å². The van der Waals surface area contributed by atoms with E-state index in [1.807, 2.05) is 0 Å². The second-order valence-electron chi connectivity index (χ2n) is 7.96. The van der Waals surface area contributed by atoms with E-state index in [0.29, 0.717) is 24.0 Å². The molecular weight excluding hydrogens is 264 g/mol. The highest BCUT2D eigenvalue weighted by Crippen LogP contribution is 2.56. The standard InChI is InChI=1S/C18H30O3/c1-18-10-9-16(20)13(14(18)11-17(18)21)7-8-15(19)12-5-3-2-4-6-12/h12-16,19-20H,2-11H2,1H3/t13-,14-,15+,16-,18+/m0/s1. The Morgan fingerprint density at radius 2 is 1.95 bits per heavy atom. The van der Waals surface area contributed by atoms with Crippen molar-refractivity contribution in [2.75, 3.05) is 0 Å². The van der Waals surface area contributed by atoms with Gasteiger partial charge >= 0.3 is 0 Å². The molecule has 3 aliphatic rings. The van der Waals surface area contributed by atoms with Gasteiger partial charge in [0.05, 0.1) is 12.2 Å². The summed E-state index contributed by atoms with van der Waals surface area (Å²) in [4.78, 5) is 11.9. The molecule has 3 heteroatoms. The number of aliphatic hydroxyl groups is 2. The van der Waals surface area contributed by atoms with E-state index in [9.17, 15) is 15.0 Å². The molecule has 0 aliphatic heterocycles. The number of aliphatic hydroxyl groups excluding tert-OH is 2. The maximum Gasteiger partial charge on any atom is 0.139 e. The van der Waals surface area contributed by atoms with Gasteiger partial charge < -0.3 is 10.2 Å².